The third kappa shape index (κ3) is 1.98. The molecule has 0 saturated carbocycles. The first kappa shape index (κ1) is 8.06. The maximum Gasteiger partial charge on any atom is -0.0117 e. The van der Waals surface area contributed by atoms with Crippen LogP contribution in [0.2, 0.25) is 0 Å². The first-order valence-electron chi connectivity index (χ1n) is 4.51. The first-order valence-corrected chi connectivity index (χ1v) is 6.14. The van der Waals surface area contributed by atoms with Gasteiger partial charge >= 0.3 is 0 Å². The van der Waals surface area contributed by atoms with Crippen LogP contribution >= 0.6 is 10.5 Å². The van der Waals surface area contributed by atoms with E-state index in [9.17, 15) is 0 Å². The highest BCUT2D eigenvalue weighted by Gasteiger charge is 2.03. The Morgan fingerprint density at radius 2 is 1.67 bits per heavy atom. The Morgan fingerprint density at radius 1 is 1.00 bits per heavy atom. The van der Waals surface area contributed by atoms with Gasteiger partial charge < -0.3 is 0 Å². The van der Waals surface area contributed by atoms with Gasteiger partial charge in [0.05, 0.1) is 0 Å². The molecule has 0 bridgehead atoms. The summed E-state index contributed by atoms with van der Waals surface area (Å²) in [5.74, 6) is 2.85. The van der Waals surface area contributed by atoms with Crippen LogP contribution in [0.5, 0.6) is 0 Å². The van der Waals surface area contributed by atoms with Crippen LogP contribution in [-0.4, -0.2) is 16.9 Å². The maximum atomic E-state index is 2.45. The van der Waals surface area contributed by atoms with Gasteiger partial charge in [-0.15, -0.1) is 0 Å². The predicted octanol–water partition coefficient (Wildman–Crippen LogP) is 2.90. The van der Waals surface area contributed by atoms with Crippen molar-refractivity contribution in [1.29, 1.82) is 0 Å². The summed E-state index contributed by atoms with van der Waals surface area (Å²) in [7, 11) is 0.597. The smallest absolute Gasteiger partial charge is 0.0117 e. The minimum Gasteiger partial charge on any atom is -0.185 e. The fourth-order valence-electron chi connectivity index (χ4n) is 1.52. The van der Waals surface area contributed by atoms with Gasteiger partial charge in [-0.2, -0.15) is 10.5 Å². The number of benzene rings is 1. The normalized spacial score (nSPS) is 18.0. The highest BCUT2D eigenvalue weighted by atomic mass is 32.2. The summed E-state index contributed by atoms with van der Waals surface area (Å²) in [6.07, 6.45) is 2.87. The highest BCUT2D eigenvalue weighted by Crippen LogP contribution is 2.25. The average Bonchev–Trinajstić information content (AvgIpc) is 2.59. The van der Waals surface area contributed by atoms with Crippen molar-refractivity contribution in [1.82, 2.24) is 0 Å². The van der Waals surface area contributed by atoms with Crippen molar-refractivity contribution in [2.75, 3.05) is 11.5 Å². The van der Waals surface area contributed by atoms with Crippen LogP contribution in [0.3, 0.4) is 0 Å². The second kappa shape index (κ2) is 3.90. The van der Waals surface area contributed by atoms with Crippen molar-refractivity contribution in [3.8, 4) is 0 Å². The molecule has 64 valence electrons. The number of hydrogen-bond donors (Lipinski definition) is 0. The standard InChI is InChI=1S/C11H14S/c1-2-6-11(7-3-1)10-12-8-4-5-9-12/h1-3,6-7,10H,4-5,8-9H2. The van der Waals surface area contributed by atoms with Crippen LogP contribution in [0.25, 0.3) is 0 Å². The van der Waals surface area contributed by atoms with E-state index in [1.54, 1.807) is 0 Å². The van der Waals surface area contributed by atoms with Gasteiger partial charge in [0, 0.05) is 0 Å². The summed E-state index contributed by atoms with van der Waals surface area (Å²) in [6, 6.07) is 10.7. The molecule has 1 aliphatic heterocycles. The fourth-order valence-corrected chi connectivity index (χ4v) is 3.65. The van der Waals surface area contributed by atoms with Gasteiger partial charge in [0.1, 0.15) is 0 Å². The van der Waals surface area contributed by atoms with E-state index in [0.29, 0.717) is 10.5 Å². The van der Waals surface area contributed by atoms with Gasteiger partial charge in [-0.3, -0.25) is 0 Å². The molecule has 1 aromatic rings. The minimum absolute atomic E-state index is 0.597. The van der Waals surface area contributed by atoms with Gasteiger partial charge in [-0.1, -0.05) is 30.3 Å². The molecule has 0 unspecified atom stereocenters. The van der Waals surface area contributed by atoms with E-state index in [0.717, 1.165) is 0 Å². The third-order valence-corrected chi connectivity index (χ3v) is 4.40. The van der Waals surface area contributed by atoms with Gasteiger partial charge in [0.25, 0.3) is 0 Å². The Bertz CT molecular complexity index is 266. The second-order valence-electron chi connectivity index (χ2n) is 3.18. The molecular formula is C11H14S. The summed E-state index contributed by atoms with van der Waals surface area (Å²) in [6.45, 7) is 0. The molecule has 1 heteroatoms. The highest BCUT2D eigenvalue weighted by molar-refractivity contribution is 8.15. The summed E-state index contributed by atoms with van der Waals surface area (Å²) >= 11 is 0. The largest absolute Gasteiger partial charge is 0.185 e. The van der Waals surface area contributed by atoms with E-state index in [1.807, 2.05) is 0 Å². The summed E-state index contributed by atoms with van der Waals surface area (Å²) < 4.78 is 0. The molecule has 0 aliphatic carbocycles. The number of hydrogen-bond acceptors (Lipinski definition) is 0. The Balaban J connectivity index is 2.16. The maximum absolute atomic E-state index is 2.45. The van der Waals surface area contributed by atoms with E-state index in [2.05, 4.69) is 35.7 Å². The summed E-state index contributed by atoms with van der Waals surface area (Å²) in [5, 5.41) is 2.45. The minimum atomic E-state index is 0.597. The first-order chi connectivity index (χ1) is 5.95. The molecule has 0 atom stereocenters. The Kier molecular flexibility index (Phi) is 2.62. The van der Waals surface area contributed by atoms with Crippen LogP contribution in [0.4, 0.5) is 0 Å². The van der Waals surface area contributed by atoms with Gasteiger partial charge in [-0.05, 0) is 35.3 Å². The molecule has 0 aromatic heterocycles. The molecule has 1 saturated heterocycles. The molecule has 0 spiro atoms. The van der Waals surface area contributed by atoms with Gasteiger partial charge in [-0.25, -0.2) is 0 Å². The zero-order valence-electron chi connectivity index (χ0n) is 7.20. The lowest BCUT2D eigenvalue weighted by Crippen LogP contribution is -1.81. The van der Waals surface area contributed by atoms with Crippen molar-refractivity contribution < 1.29 is 0 Å². The van der Waals surface area contributed by atoms with Crippen molar-refractivity contribution in [2.45, 2.75) is 12.8 Å². The quantitative estimate of drug-likeness (QED) is 0.580. The van der Waals surface area contributed by atoms with Gasteiger partial charge in [0.2, 0.25) is 0 Å². The van der Waals surface area contributed by atoms with Crippen LogP contribution in [-0.2, 0) is 0 Å². The average molecular weight is 178 g/mol. The number of rotatable bonds is 1. The predicted molar refractivity (Wildman–Crippen MR) is 58.2 cm³/mol. The molecule has 12 heavy (non-hydrogen) atoms. The lowest BCUT2D eigenvalue weighted by Gasteiger charge is -1.97. The van der Waals surface area contributed by atoms with Crippen LogP contribution < -0.4 is 0 Å². The lowest BCUT2D eigenvalue weighted by molar-refractivity contribution is 0.949. The third-order valence-electron chi connectivity index (χ3n) is 2.17. The van der Waals surface area contributed by atoms with Crippen LogP contribution in [0.15, 0.2) is 30.3 Å². The molecule has 2 rings (SSSR count). The van der Waals surface area contributed by atoms with Crippen molar-refractivity contribution in [3.63, 3.8) is 0 Å². The second-order valence-corrected chi connectivity index (χ2v) is 5.31. The van der Waals surface area contributed by atoms with E-state index >= 15 is 0 Å². The zero-order chi connectivity index (χ0) is 8.23. The summed E-state index contributed by atoms with van der Waals surface area (Å²) in [4.78, 5) is 0. The molecule has 0 N–H and O–H groups in total. The fraction of sp³-hybridized carbons (Fsp3) is 0.364. The molecule has 0 nitrogen and oxygen atoms in total. The van der Waals surface area contributed by atoms with E-state index in [1.165, 1.54) is 29.9 Å². The summed E-state index contributed by atoms with van der Waals surface area (Å²) in [5.41, 5.74) is 1.41. The van der Waals surface area contributed by atoms with E-state index < -0.39 is 0 Å². The van der Waals surface area contributed by atoms with Crippen LogP contribution in [0.1, 0.15) is 18.4 Å². The Labute approximate surface area is 76.5 Å². The van der Waals surface area contributed by atoms with E-state index in [-0.39, 0.29) is 0 Å². The molecule has 1 fully saturated rings. The molecular weight excluding hydrogens is 164 g/mol. The molecule has 0 radical (unpaired) electrons. The molecule has 1 heterocycles. The van der Waals surface area contributed by atoms with Crippen molar-refractivity contribution >= 4 is 15.9 Å². The van der Waals surface area contributed by atoms with Gasteiger partial charge in [0.15, 0.2) is 0 Å². The topological polar surface area (TPSA) is 0 Å². The molecule has 1 aromatic carbocycles. The van der Waals surface area contributed by atoms with Crippen LogP contribution in [0, 0.1) is 0 Å². The SMILES string of the molecule is C(c1ccccc1)=S1CCCC1. The molecule has 0 amide bonds. The lowest BCUT2D eigenvalue weighted by atomic mass is 10.2. The Hall–Kier alpha value is -0.560. The Morgan fingerprint density at radius 3 is 2.33 bits per heavy atom. The molecule has 1 aliphatic rings. The monoisotopic (exact) mass is 178 g/mol. The van der Waals surface area contributed by atoms with E-state index in [4.69, 9.17) is 0 Å². The zero-order valence-corrected chi connectivity index (χ0v) is 8.02. The van der Waals surface area contributed by atoms with Crippen molar-refractivity contribution in [3.05, 3.63) is 35.9 Å². The van der Waals surface area contributed by atoms with Crippen molar-refractivity contribution in [2.24, 2.45) is 0 Å².